The molecule has 1 fully saturated rings. The molecule has 0 aromatic heterocycles. The molecule has 1 aromatic rings. The maximum absolute atomic E-state index is 12.9. The Kier molecular flexibility index (Phi) is 4.90. The molecule has 21 heavy (non-hydrogen) atoms. The van der Waals surface area contributed by atoms with E-state index >= 15 is 0 Å². The van der Waals surface area contributed by atoms with Gasteiger partial charge in [-0.05, 0) is 24.1 Å². The first-order chi connectivity index (χ1) is 10.0. The van der Waals surface area contributed by atoms with Crippen molar-refractivity contribution < 1.29 is 14.0 Å². The van der Waals surface area contributed by atoms with Gasteiger partial charge in [0.05, 0.1) is 13.1 Å². The van der Waals surface area contributed by atoms with Crippen molar-refractivity contribution in [3.8, 4) is 0 Å². The molecular formula is C15H20FN3O2. The smallest absolute Gasteiger partial charge is 0.242 e. The van der Waals surface area contributed by atoms with Crippen LogP contribution < -0.4 is 5.73 Å². The van der Waals surface area contributed by atoms with Crippen LogP contribution in [0.15, 0.2) is 24.3 Å². The van der Waals surface area contributed by atoms with Crippen molar-refractivity contribution in [2.45, 2.75) is 19.4 Å². The lowest BCUT2D eigenvalue weighted by Gasteiger charge is -2.35. The van der Waals surface area contributed by atoms with Gasteiger partial charge in [-0.2, -0.15) is 0 Å². The molecule has 2 N–H and O–H groups in total. The van der Waals surface area contributed by atoms with Gasteiger partial charge in [0.1, 0.15) is 5.82 Å². The minimum Gasteiger partial charge on any atom is -0.332 e. The monoisotopic (exact) mass is 293 g/mol. The third-order valence-electron chi connectivity index (χ3n) is 3.57. The molecule has 1 aromatic carbocycles. The van der Waals surface area contributed by atoms with Gasteiger partial charge in [-0.3, -0.25) is 9.59 Å². The van der Waals surface area contributed by atoms with E-state index in [9.17, 15) is 14.0 Å². The van der Waals surface area contributed by atoms with Crippen molar-refractivity contribution in [1.82, 2.24) is 9.80 Å². The Hall–Kier alpha value is -1.95. The van der Waals surface area contributed by atoms with Crippen molar-refractivity contribution >= 4 is 11.8 Å². The summed E-state index contributed by atoms with van der Waals surface area (Å²) < 4.78 is 12.9. The maximum atomic E-state index is 12.9. The van der Waals surface area contributed by atoms with Crippen molar-refractivity contribution in [3.63, 3.8) is 0 Å². The van der Waals surface area contributed by atoms with Gasteiger partial charge in [-0.1, -0.05) is 19.1 Å². The Morgan fingerprint density at radius 2 is 1.71 bits per heavy atom. The van der Waals surface area contributed by atoms with Crippen molar-refractivity contribution in [3.05, 3.63) is 35.6 Å². The summed E-state index contributed by atoms with van der Waals surface area (Å²) in [5, 5.41) is 0. The van der Waals surface area contributed by atoms with E-state index in [4.69, 9.17) is 5.73 Å². The van der Waals surface area contributed by atoms with Crippen LogP contribution in [-0.4, -0.2) is 47.8 Å². The van der Waals surface area contributed by atoms with E-state index in [0.29, 0.717) is 6.54 Å². The quantitative estimate of drug-likeness (QED) is 0.877. The lowest BCUT2D eigenvalue weighted by atomic mass is 10.1. The minimum absolute atomic E-state index is 0.0530. The lowest BCUT2D eigenvalue weighted by molar-refractivity contribution is -0.150. The first-order valence-corrected chi connectivity index (χ1v) is 7.08. The number of halogens is 1. The second kappa shape index (κ2) is 6.67. The molecule has 0 saturated carbocycles. The molecule has 1 heterocycles. The molecule has 0 aliphatic carbocycles. The van der Waals surface area contributed by atoms with Crippen LogP contribution in [0.1, 0.15) is 24.9 Å². The number of nitrogens with two attached hydrogens (primary N) is 1. The van der Waals surface area contributed by atoms with Gasteiger partial charge in [0.25, 0.3) is 0 Å². The molecule has 0 bridgehead atoms. The van der Waals surface area contributed by atoms with Crippen molar-refractivity contribution in [1.29, 1.82) is 0 Å². The van der Waals surface area contributed by atoms with E-state index in [0.717, 1.165) is 12.0 Å². The first-order valence-electron chi connectivity index (χ1n) is 7.08. The van der Waals surface area contributed by atoms with Crippen molar-refractivity contribution in [2.75, 3.05) is 26.2 Å². The number of hydrogen-bond donors (Lipinski definition) is 1. The van der Waals surface area contributed by atoms with Crippen LogP contribution >= 0.6 is 0 Å². The zero-order valence-corrected chi connectivity index (χ0v) is 12.1. The van der Waals surface area contributed by atoms with Crippen molar-refractivity contribution in [2.24, 2.45) is 5.73 Å². The SMILES string of the molecule is CCCN1CC(=O)N(CC(N)c2ccc(F)cc2)CC1=O. The highest BCUT2D eigenvalue weighted by atomic mass is 19.1. The van der Waals surface area contributed by atoms with E-state index in [2.05, 4.69) is 0 Å². The molecule has 1 aliphatic rings. The predicted molar refractivity (Wildman–Crippen MR) is 76.8 cm³/mol. The van der Waals surface area contributed by atoms with E-state index in [-0.39, 0.29) is 37.3 Å². The highest BCUT2D eigenvalue weighted by Crippen LogP contribution is 2.15. The maximum Gasteiger partial charge on any atom is 0.242 e. The molecule has 114 valence electrons. The summed E-state index contributed by atoms with van der Waals surface area (Å²) in [5.74, 6) is -0.478. The number of hydrogen-bond acceptors (Lipinski definition) is 3. The molecule has 5 nitrogen and oxygen atoms in total. The topological polar surface area (TPSA) is 66.6 Å². The number of amides is 2. The van der Waals surface area contributed by atoms with Gasteiger partial charge < -0.3 is 15.5 Å². The minimum atomic E-state index is -0.430. The summed E-state index contributed by atoms with van der Waals surface area (Å²) in [4.78, 5) is 27.1. The number of carbonyl (C=O) groups excluding carboxylic acids is 2. The van der Waals surface area contributed by atoms with Crippen LogP contribution in [0.2, 0.25) is 0 Å². The second-order valence-electron chi connectivity index (χ2n) is 5.25. The molecule has 0 spiro atoms. The molecule has 1 atom stereocenters. The van der Waals surface area contributed by atoms with Crippen LogP contribution in [0.4, 0.5) is 4.39 Å². The van der Waals surface area contributed by atoms with Crippen LogP contribution in [0.25, 0.3) is 0 Å². The summed E-state index contributed by atoms with van der Waals surface area (Å²) in [7, 11) is 0. The van der Waals surface area contributed by atoms with Gasteiger partial charge >= 0.3 is 0 Å². The third kappa shape index (κ3) is 3.78. The summed E-state index contributed by atoms with van der Waals surface area (Å²) in [5.41, 5.74) is 6.78. The molecular weight excluding hydrogens is 273 g/mol. The second-order valence-corrected chi connectivity index (χ2v) is 5.25. The molecule has 1 aliphatic heterocycles. The zero-order valence-electron chi connectivity index (χ0n) is 12.1. The molecule has 6 heteroatoms. The summed E-state index contributed by atoms with van der Waals surface area (Å²) in [6, 6.07) is 5.43. The Balaban J connectivity index is 1.98. The predicted octanol–water partition coefficient (Wildman–Crippen LogP) is 0.906. The molecule has 1 saturated heterocycles. The van der Waals surface area contributed by atoms with Crippen LogP contribution in [0.3, 0.4) is 0 Å². The number of nitrogens with zero attached hydrogens (tertiary/aromatic N) is 2. The Labute approximate surface area is 123 Å². The van der Waals surface area contributed by atoms with Gasteiger partial charge in [0.2, 0.25) is 11.8 Å². The van der Waals surface area contributed by atoms with E-state index in [1.165, 1.54) is 17.0 Å². The highest BCUT2D eigenvalue weighted by Gasteiger charge is 2.30. The fourth-order valence-corrected chi connectivity index (χ4v) is 2.40. The molecule has 2 amide bonds. The average molecular weight is 293 g/mol. The van der Waals surface area contributed by atoms with E-state index in [1.807, 2.05) is 6.92 Å². The number of piperazine rings is 1. The van der Waals surface area contributed by atoms with E-state index in [1.54, 1.807) is 17.0 Å². The summed E-state index contributed by atoms with van der Waals surface area (Å²) in [6.07, 6.45) is 0.827. The number of carbonyl (C=O) groups is 2. The summed E-state index contributed by atoms with van der Waals surface area (Å²) in [6.45, 7) is 3.00. The lowest BCUT2D eigenvalue weighted by Crippen LogP contribution is -2.55. The molecule has 0 radical (unpaired) electrons. The fourth-order valence-electron chi connectivity index (χ4n) is 2.40. The zero-order chi connectivity index (χ0) is 15.4. The Morgan fingerprint density at radius 1 is 1.14 bits per heavy atom. The third-order valence-corrected chi connectivity index (χ3v) is 3.57. The molecule has 2 rings (SSSR count). The fraction of sp³-hybridized carbons (Fsp3) is 0.467. The largest absolute Gasteiger partial charge is 0.332 e. The Bertz CT molecular complexity index is 518. The van der Waals surface area contributed by atoms with E-state index < -0.39 is 6.04 Å². The summed E-state index contributed by atoms with van der Waals surface area (Å²) >= 11 is 0. The standard InChI is InChI=1S/C15H20FN3O2/c1-2-7-18-9-15(21)19(10-14(18)20)8-13(17)11-3-5-12(16)6-4-11/h3-6,13H,2,7-10,17H2,1H3. The first kappa shape index (κ1) is 15.4. The van der Waals surface area contributed by atoms with Crippen LogP contribution in [0, 0.1) is 5.82 Å². The van der Waals surface area contributed by atoms with Gasteiger partial charge in [-0.15, -0.1) is 0 Å². The van der Waals surface area contributed by atoms with Crippen LogP contribution in [0.5, 0.6) is 0 Å². The number of benzene rings is 1. The highest BCUT2D eigenvalue weighted by molar-refractivity contribution is 5.92. The average Bonchev–Trinajstić information content (AvgIpc) is 2.45. The van der Waals surface area contributed by atoms with Gasteiger partial charge in [0, 0.05) is 19.1 Å². The van der Waals surface area contributed by atoms with Crippen LogP contribution in [-0.2, 0) is 9.59 Å². The van der Waals surface area contributed by atoms with Gasteiger partial charge in [0.15, 0.2) is 0 Å². The normalized spacial score (nSPS) is 17.3. The molecule has 1 unspecified atom stereocenters. The number of rotatable bonds is 5. The van der Waals surface area contributed by atoms with Gasteiger partial charge in [-0.25, -0.2) is 4.39 Å². The Morgan fingerprint density at radius 3 is 2.33 bits per heavy atom.